The van der Waals surface area contributed by atoms with Crippen molar-refractivity contribution in [1.82, 2.24) is 9.62 Å². The Labute approximate surface area is 188 Å². The summed E-state index contributed by atoms with van der Waals surface area (Å²) in [5.41, 5.74) is 0. The Hall–Kier alpha value is -2.29. The summed E-state index contributed by atoms with van der Waals surface area (Å²) in [6, 6.07) is 13.2. The minimum Gasteiger partial charge on any atom is -0.492 e. The maximum Gasteiger partial charge on any atom is 0.260 e. The van der Waals surface area contributed by atoms with E-state index in [1.807, 2.05) is 0 Å². The van der Waals surface area contributed by atoms with Crippen molar-refractivity contribution in [2.75, 3.05) is 26.2 Å². The van der Waals surface area contributed by atoms with Gasteiger partial charge in [-0.25, -0.2) is 8.42 Å². The summed E-state index contributed by atoms with van der Waals surface area (Å²) in [6.45, 7) is 3.34. The Bertz CT molecular complexity index is 958. The number of ether oxygens (including phenoxy) is 2. The summed E-state index contributed by atoms with van der Waals surface area (Å²) in [7, 11) is -3.45. The Morgan fingerprint density at radius 2 is 1.65 bits per heavy atom. The standard InChI is InChI=1S/C22H27ClN2O5S/c1-17(30-20-7-5-18(23)6-8-20)22(26)24-13-16-29-19-9-11-21(12-10-19)31(27,28)25-14-3-2-4-15-25/h5-12,17H,2-4,13-16H2,1H3,(H,24,26)/t17-/m1/s1. The molecule has 0 unspecified atom stereocenters. The number of amides is 1. The Balaban J connectivity index is 1.42. The predicted molar refractivity (Wildman–Crippen MR) is 119 cm³/mol. The average molecular weight is 467 g/mol. The molecule has 1 saturated heterocycles. The number of piperidine rings is 1. The number of carbonyl (C=O) groups is 1. The number of nitrogens with one attached hydrogen (secondary N) is 1. The summed E-state index contributed by atoms with van der Waals surface area (Å²) in [6.07, 6.45) is 2.20. The molecule has 1 fully saturated rings. The van der Waals surface area contributed by atoms with Crippen LogP contribution in [0, 0.1) is 0 Å². The lowest BCUT2D eigenvalue weighted by molar-refractivity contribution is -0.127. The van der Waals surface area contributed by atoms with Crippen LogP contribution in [-0.2, 0) is 14.8 Å². The second kappa shape index (κ2) is 10.8. The van der Waals surface area contributed by atoms with E-state index in [2.05, 4.69) is 5.32 Å². The normalized spacial score (nSPS) is 15.8. The number of benzene rings is 2. The first-order valence-corrected chi connectivity index (χ1v) is 12.1. The molecule has 0 aromatic heterocycles. The van der Waals surface area contributed by atoms with Gasteiger partial charge in [-0.15, -0.1) is 0 Å². The first kappa shape index (κ1) is 23.4. The molecule has 0 spiro atoms. The monoisotopic (exact) mass is 466 g/mol. The third-order valence-corrected chi connectivity index (χ3v) is 7.11. The summed E-state index contributed by atoms with van der Waals surface area (Å²) in [5, 5.41) is 3.34. The summed E-state index contributed by atoms with van der Waals surface area (Å²) in [4.78, 5) is 12.4. The van der Waals surface area contributed by atoms with E-state index in [0.29, 0.717) is 36.2 Å². The van der Waals surface area contributed by atoms with Crippen LogP contribution < -0.4 is 14.8 Å². The number of hydrogen-bond donors (Lipinski definition) is 1. The molecule has 2 aromatic rings. The molecule has 0 radical (unpaired) electrons. The molecule has 0 aliphatic carbocycles. The van der Waals surface area contributed by atoms with Gasteiger partial charge in [-0.2, -0.15) is 4.31 Å². The molecule has 1 N–H and O–H groups in total. The van der Waals surface area contributed by atoms with Gasteiger partial charge in [0.2, 0.25) is 10.0 Å². The molecular formula is C22H27ClN2O5S. The number of sulfonamides is 1. The van der Waals surface area contributed by atoms with E-state index >= 15 is 0 Å². The quantitative estimate of drug-likeness (QED) is 0.572. The van der Waals surface area contributed by atoms with Crippen molar-refractivity contribution < 1.29 is 22.7 Å². The van der Waals surface area contributed by atoms with Crippen LogP contribution >= 0.6 is 11.6 Å². The van der Waals surface area contributed by atoms with Crippen molar-refractivity contribution in [3.05, 3.63) is 53.6 Å². The van der Waals surface area contributed by atoms with E-state index in [9.17, 15) is 13.2 Å². The highest BCUT2D eigenvalue weighted by Gasteiger charge is 2.25. The second-order valence-electron chi connectivity index (χ2n) is 7.29. The molecular weight excluding hydrogens is 440 g/mol. The Morgan fingerprint density at radius 3 is 2.29 bits per heavy atom. The topological polar surface area (TPSA) is 84.9 Å². The SMILES string of the molecule is C[C@@H](Oc1ccc(Cl)cc1)C(=O)NCCOc1ccc(S(=O)(=O)N2CCCCC2)cc1. The zero-order valence-corrected chi connectivity index (χ0v) is 19.0. The van der Waals surface area contributed by atoms with Crippen molar-refractivity contribution in [3.8, 4) is 11.5 Å². The molecule has 7 nitrogen and oxygen atoms in total. The van der Waals surface area contributed by atoms with Crippen molar-refractivity contribution in [2.45, 2.75) is 37.2 Å². The van der Waals surface area contributed by atoms with E-state index < -0.39 is 16.1 Å². The molecule has 1 amide bonds. The van der Waals surface area contributed by atoms with Crippen LogP contribution in [0.5, 0.6) is 11.5 Å². The lowest BCUT2D eigenvalue weighted by Crippen LogP contribution is -2.38. The first-order valence-electron chi connectivity index (χ1n) is 10.3. The van der Waals surface area contributed by atoms with E-state index in [0.717, 1.165) is 19.3 Å². The Kier molecular flexibility index (Phi) is 8.17. The third kappa shape index (κ3) is 6.59. The van der Waals surface area contributed by atoms with Gasteiger partial charge in [-0.1, -0.05) is 18.0 Å². The highest BCUT2D eigenvalue weighted by atomic mass is 35.5. The van der Waals surface area contributed by atoms with E-state index in [1.165, 1.54) is 4.31 Å². The maximum absolute atomic E-state index is 12.7. The van der Waals surface area contributed by atoms with Gasteiger partial charge in [-0.05, 0) is 68.3 Å². The van der Waals surface area contributed by atoms with Gasteiger partial charge in [0.25, 0.3) is 5.91 Å². The van der Waals surface area contributed by atoms with Gasteiger partial charge >= 0.3 is 0 Å². The third-order valence-electron chi connectivity index (χ3n) is 4.94. The van der Waals surface area contributed by atoms with Crippen LogP contribution in [0.25, 0.3) is 0 Å². The van der Waals surface area contributed by atoms with Crippen LogP contribution in [-0.4, -0.2) is 51.0 Å². The van der Waals surface area contributed by atoms with Crippen LogP contribution in [0.1, 0.15) is 26.2 Å². The lowest BCUT2D eigenvalue weighted by Gasteiger charge is -2.25. The zero-order chi connectivity index (χ0) is 22.3. The predicted octanol–water partition coefficient (Wildman–Crippen LogP) is 3.48. The van der Waals surface area contributed by atoms with Crippen LogP contribution in [0.15, 0.2) is 53.4 Å². The van der Waals surface area contributed by atoms with Gasteiger partial charge in [-0.3, -0.25) is 4.79 Å². The minimum absolute atomic E-state index is 0.248. The van der Waals surface area contributed by atoms with Gasteiger partial charge < -0.3 is 14.8 Å². The fourth-order valence-corrected chi connectivity index (χ4v) is 4.86. The molecule has 1 aliphatic heterocycles. The number of rotatable bonds is 9. The number of hydrogen-bond acceptors (Lipinski definition) is 5. The van der Waals surface area contributed by atoms with Gasteiger partial charge in [0.1, 0.15) is 18.1 Å². The molecule has 0 saturated carbocycles. The number of carbonyl (C=O) groups excluding carboxylic acids is 1. The van der Waals surface area contributed by atoms with Crippen LogP contribution in [0.2, 0.25) is 5.02 Å². The van der Waals surface area contributed by atoms with E-state index in [-0.39, 0.29) is 17.4 Å². The Morgan fingerprint density at radius 1 is 1.03 bits per heavy atom. The molecule has 0 bridgehead atoms. The molecule has 1 atom stereocenters. The van der Waals surface area contributed by atoms with E-state index in [4.69, 9.17) is 21.1 Å². The fourth-order valence-electron chi connectivity index (χ4n) is 3.22. The van der Waals surface area contributed by atoms with Crippen molar-refractivity contribution in [2.24, 2.45) is 0 Å². The van der Waals surface area contributed by atoms with Gasteiger partial charge in [0, 0.05) is 18.1 Å². The van der Waals surface area contributed by atoms with Gasteiger partial charge in [0.15, 0.2) is 6.10 Å². The number of nitrogens with zero attached hydrogens (tertiary/aromatic N) is 1. The van der Waals surface area contributed by atoms with Crippen molar-refractivity contribution >= 4 is 27.5 Å². The minimum atomic E-state index is -3.45. The highest BCUT2D eigenvalue weighted by molar-refractivity contribution is 7.89. The maximum atomic E-state index is 12.7. The highest BCUT2D eigenvalue weighted by Crippen LogP contribution is 2.22. The zero-order valence-electron chi connectivity index (χ0n) is 17.4. The molecule has 1 heterocycles. The number of halogens is 1. The van der Waals surface area contributed by atoms with Crippen LogP contribution in [0.4, 0.5) is 0 Å². The average Bonchev–Trinajstić information content (AvgIpc) is 2.79. The molecule has 9 heteroatoms. The summed E-state index contributed by atoms with van der Waals surface area (Å²) < 4.78 is 38.0. The molecule has 3 rings (SSSR count). The molecule has 31 heavy (non-hydrogen) atoms. The lowest BCUT2D eigenvalue weighted by atomic mass is 10.2. The molecule has 2 aromatic carbocycles. The van der Waals surface area contributed by atoms with Crippen molar-refractivity contribution in [1.29, 1.82) is 0 Å². The van der Waals surface area contributed by atoms with Crippen LogP contribution in [0.3, 0.4) is 0 Å². The van der Waals surface area contributed by atoms with E-state index in [1.54, 1.807) is 55.5 Å². The smallest absolute Gasteiger partial charge is 0.260 e. The molecule has 168 valence electrons. The second-order valence-corrected chi connectivity index (χ2v) is 9.66. The van der Waals surface area contributed by atoms with Gasteiger partial charge in [0.05, 0.1) is 11.4 Å². The van der Waals surface area contributed by atoms with Crippen molar-refractivity contribution in [3.63, 3.8) is 0 Å². The fraction of sp³-hybridized carbons (Fsp3) is 0.409. The largest absolute Gasteiger partial charge is 0.492 e. The first-order chi connectivity index (χ1) is 14.9. The molecule has 1 aliphatic rings. The summed E-state index contributed by atoms with van der Waals surface area (Å²) >= 11 is 5.83. The summed E-state index contributed by atoms with van der Waals surface area (Å²) in [5.74, 6) is 0.835.